The zero-order valence-electron chi connectivity index (χ0n) is 35.1. The van der Waals surface area contributed by atoms with E-state index < -0.39 is 0 Å². The van der Waals surface area contributed by atoms with Gasteiger partial charge in [-0.05, 0) is 118 Å². The van der Waals surface area contributed by atoms with Crippen molar-refractivity contribution >= 4 is 73.3 Å². The van der Waals surface area contributed by atoms with Crippen LogP contribution in [0.25, 0.3) is 38.2 Å². The van der Waals surface area contributed by atoms with Gasteiger partial charge in [-0.25, -0.2) is 9.98 Å². The molecule has 0 spiro atoms. The van der Waals surface area contributed by atoms with Gasteiger partial charge in [-0.15, -0.1) is 11.3 Å². The van der Waals surface area contributed by atoms with Crippen molar-refractivity contribution in [3.05, 3.63) is 210 Å². The van der Waals surface area contributed by atoms with E-state index >= 15 is 0 Å². The average molecular weight is 812 g/mol. The standard InChI is InChI=1S/C55H49N5S/c1-5-6-12-21-39(2)58(44-24-15-7-8-16-25-44)47-31-32-51-49(36-47)48(34-40(3)59(45-26-17-10-18-27-45)46-28-19-11-20-29-46)41(4)60(51)54-37-53-55(57-38-56-54)50-35-43(30-33-52(50)61-53)42-22-13-9-14-23-42/h5-7,9-36,38-39H,8,37H2,1-4H3/b6-5-,21-12-,40-34+. The number of aliphatic imine (C=N–C) groups is 2. The summed E-state index contributed by atoms with van der Waals surface area (Å²) in [6.45, 7) is 8.76. The largest absolute Gasteiger partial charge is 0.335 e. The van der Waals surface area contributed by atoms with E-state index in [0.29, 0.717) is 6.42 Å². The number of hydrogen-bond donors (Lipinski definition) is 0. The maximum absolute atomic E-state index is 5.12. The molecule has 61 heavy (non-hydrogen) atoms. The predicted octanol–water partition coefficient (Wildman–Crippen LogP) is 14.9. The fourth-order valence-electron chi connectivity index (χ4n) is 8.54. The molecule has 0 amide bonds. The smallest absolute Gasteiger partial charge is 0.120 e. The highest BCUT2D eigenvalue weighted by atomic mass is 32.1. The fourth-order valence-corrected chi connectivity index (χ4v) is 9.66. The highest BCUT2D eigenvalue weighted by molar-refractivity contribution is 7.19. The van der Waals surface area contributed by atoms with Crippen molar-refractivity contribution in [2.24, 2.45) is 9.98 Å². The topological polar surface area (TPSA) is 36.1 Å². The van der Waals surface area contributed by atoms with Crippen molar-refractivity contribution in [2.45, 2.75) is 46.6 Å². The second-order valence-electron chi connectivity index (χ2n) is 15.4. The summed E-state index contributed by atoms with van der Waals surface area (Å²) >= 11 is 1.82. The molecule has 6 heteroatoms. The first-order valence-corrected chi connectivity index (χ1v) is 21.9. The van der Waals surface area contributed by atoms with Gasteiger partial charge in [0.2, 0.25) is 0 Å². The molecule has 1 unspecified atom stereocenters. The number of rotatable bonds is 10. The Hall–Kier alpha value is -7.02. The number of fused-ring (bicyclic) bond motifs is 4. The second kappa shape index (κ2) is 17.7. The summed E-state index contributed by atoms with van der Waals surface area (Å²) in [5.41, 5.74) is 12.4. The predicted molar refractivity (Wildman–Crippen MR) is 264 cm³/mol. The van der Waals surface area contributed by atoms with Crippen LogP contribution in [0.4, 0.5) is 22.7 Å². The summed E-state index contributed by atoms with van der Waals surface area (Å²) < 4.78 is 3.60. The minimum atomic E-state index is 0.0860. The Morgan fingerprint density at radius 2 is 1.52 bits per heavy atom. The number of hydrogen-bond acceptors (Lipinski definition) is 5. The molecule has 5 aromatic carbocycles. The van der Waals surface area contributed by atoms with E-state index in [1.54, 1.807) is 6.34 Å². The van der Waals surface area contributed by atoms with Crippen molar-refractivity contribution in [1.29, 1.82) is 0 Å². The van der Waals surface area contributed by atoms with Gasteiger partial charge in [0.05, 0.1) is 11.2 Å². The van der Waals surface area contributed by atoms with Crippen LogP contribution in [0.1, 0.15) is 43.3 Å². The molecule has 0 N–H and O–H groups in total. The van der Waals surface area contributed by atoms with E-state index in [1.807, 2.05) is 11.3 Å². The summed E-state index contributed by atoms with van der Waals surface area (Å²) in [5.74, 6) is 0.951. The Labute approximate surface area is 363 Å². The lowest BCUT2D eigenvalue weighted by molar-refractivity contribution is 0.834. The summed E-state index contributed by atoms with van der Waals surface area (Å²) in [7, 11) is 0. The number of aromatic nitrogens is 1. The third-order valence-electron chi connectivity index (χ3n) is 11.4. The van der Waals surface area contributed by atoms with Crippen LogP contribution in [0.2, 0.25) is 0 Å². The molecule has 1 atom stereocenters. The van der Waals surface area contributed by atoms with Crippen LogP contribution in [0.3, 0.4) is 0 Å². The highest BCUT2D eigenvalue weighted by Crippen LogP contribution is 2.42. The Bertz CT molecular complexity index is 2920. The molecule has 300 valence electrons. The van der Waals surface area contributed by atoms with Crippen molar-refractivity contribution in [2.75, 3.05) is 9.80 Å². The van der Waals surface area contributed by atoms with Crippen LogP contribution in [-0.4, -0.2) is 22.8 Å². The Morgan fingerprint density at radius 1 is 0.787 bits per heavy atom. The molecule has 2 aliphatic rings. The molecule has 0 bridgehead atoms. The first-order chi connectivity index (χ1) is 30.0. The summed E-state index contributed by atoms with van der Waals surface area (Å²) in [5, 5.41) is 2.33. The number of nitrogens with zero attached hydrogens (tertiary/aromatic N) is 5. The van der Waals surface area contributed by atoms with Crippen LogP contribution in [0.5, 0.6) is 0 Å². The fraction of sp³-hybridized carbons (Fsp3) is 0.127. The second-order valence-corrected chi connectivity index (χ2v) is 16.6. The molecule has 3 heterocycles. The minimum Gasteiger partial charge on any atom is -0.335 e. The zero-order chi connectivity index (χ0) is 41.7. The van der Waals surface area contributed by atoms with Crippen molar-refractivity contribution in [3.8, 4) is 11.1 Å². The van der Waals surface area contributed by atoms with Gasteiger partial charge < -0.3 is 14.4 Å². The van der Waals surface area contributed by atoms with Crippen LogP contribution in [0.15, 0.2) is 203 Å². The van der Waals surface area contributed by atoms with E-state index in [4.69, 9.17) is 9.98 Å². The first-order valence-electron chi connectivity index (χ1n) is 21.0. The number of thiophene rings is 1. The van der Waals surface area contributed by atoms with E-state index in [9.17, 15) is 0 Å². The molecule has 2 aromatic heterocycles. The van der Waals surface area contributed by atoms with Crippen molar-refractivity contribution in [3.63, 3.8) is 0 Å². The minimum absolute atomic E-state index is 0.0860. The third kappa shape index (κ3) is 8.03. The Kier molecular flexibility index (Phi) is 11.4. The van der Waals surface area contributed by atoms with Gasteiger partial charge in [0.25, 0.3) is 0 Å². The van der Waals surface area contributed by atoms with Crippen molar-refractivity contribution in [1.82, 2.24) is 4.57 Å². The third-order valence-corrected chi connectivity index (χ3v) is 12.6. The molecular formula is C55H49N5S. The average Bonchev–Trinajstić information content (AvgIpc) is 3.49. The number of benzene rings is 5. The number of para-hydroxylation sites is 2. The van der Waals surface area contributed by atoms with Crippen molar-refractivity contribution < 1.29 is 0 Å². The monoisotopic (exact) mass is 811 g/mol. The summed E-state index contributed by atoms with van der Waals surface area (Å²) in [4.78, 5) is 16.1. The van der Waals surface area contributed by atoms with Gasteiger partial charge in [0.1, 0.15) is 12.2 Å². The number of anilines is 3. The molecule has 1 aliphatic heterocycles. The molecule has 9 rings (SSSR count). The molecule has 0 fully saturated rings. The van der Waals surface area contributed by atoms with E-state index in [-0.39, 0.29) is 6.04 Å². The van der Waals surface area contributed by atoms with Crippen LogP contribution < -0.4 is 9.80 Å². The molecule has 1 aliphatic carbocycles. The van der Waals surface area contributed by atoms with Gasteiger partial charge >= 0.3 is 0 Å². The van der Waals surface area contributed by atoms with Gasteiger partial charge in [-0.1, -0.05) is 115 Å². The maximum atomic E-state index is 5.12. The van der Waals surface area contributed by atoms with E-state index in [1.165, 1.54) is 26.1 Å². The van der Waals surface area contributed by atoms with E-state index in [2.05, 4.69) is 230 Å². The van der Waals surface area contributed by atoms with Gasteiger partial charge in [-0.2, -0.15) is 0 Å². The normalized spacial score (nSPS) is 14.7. The SMILES string of the molecule is C/C=C\C=C/C(C)N(C1=CC=CCC=C1)c1ccc2c(c1)c(/C=C(\C)N(c1ccccc1)c1ccccc1)c(C)n2C1=NC=Nc2c(sc3ccc(-c4ccccc4)cc23)C1. The van der Waals surface area contributed by atoms with Gasteiger partial charge in [0, 0.05) is 72.5 Å². The Morgan fingerprint density at radius 3 is 2.26 bits per heavy atom. The molecule has 0 saturated carbocycles. The van der Waals surface area contributed by atoms with Crippen LogP contribution in [0, 0.1) is 6.92 Å². The molecule has 0 saturated heterocycles. The van der Waals surface area contributed by atoms with E-state index in [0.717, 1.165) is 68.6 Å². The van der Waals surface area contributed by atoms with Crippen LogP contribution in [-0.2, 0) is 6.42 Å². The Balaban J connectivity index is 1.21. The van der Waals surface area contributed by atoms with Gasteiger partial charge in [0.15, 0.2) is 0 Å². The lowest BCUT2D eigenvalue weighted by Gasteiger charge is -2.31. The molecular weight excluding hydrogens is 763 g/mol. The first kappa shape index (κ1) is 39.4. The molecule has 0 radical (unpaired) electrons. The van der Waals surface area contributed by atoms with Gasteiger partial charge in [-0.3, -0.25) is 0 Å². The van der Waals surface area contributed by atoms with Crippen LogP contribution >= 0.6 is 11.3 Å². The number of allylic oxidation sites excluding steroid dienone is 9. The highest BCUT2D eigenvalue weighted by Gasteiger charge is 2.25. The summed E-state index contributed by atoms with van der Waals surface area (Å²) in [6.07, 6.45) is 25.3. The lowest BCUT2D eigenvalue weighted by Crippen LogP contribution is -2.30. The maximum Gasteiger partial charge on any atom is 0.120 e. The zero-order valence-corrected chi connectivity index (χ0v) is 35.9. The quantitative estimate of drug-likeness (QED) is 0.129. The molecule has 5 nitrogen and oxygen atoms in total. The molecule has 7 aromatic rings. The lowest BCUT2D eigenvalue weighted by atomic mass is 10.0. The summed E-state index contributed by atoms with van der Waals surface area (Å²) in [6, 6.07) is 45.6.